The fourth-order valence-corrected chi connectivity index (χ4v) is 2.41. The highest BCUT2D eigenvalue weighted by Crippen LogP contribution is 2.26. The summed E-state index contributed by atoms with van der Waals surface area (Å²) in [4.78, 5) is 11.5. The van der Waals surface area contributed by atoms with Gasteiger partial charge in [-0.05, 0) is 62.1 Å². The fraction of sp³-hybridized carbons (Fsp3) is 0.316. The second kappa shape index (κ2) is 7.18. The molecule has 0 saturated carbocycles. The van der Waals surface area contributed by atoms with E-state index in [2.05, 4.69) is 36.0 Å². The van der Waals surface area contributed by atoms with Crippen molar-refractivity contribution >= 4 is 11.8 Å². The molecule has 2 rings (SSSR count). The lowest BCUT2D eigenvalue weighted by molar-refractivity contribution is 0.187. The molecule has 1 N–H and O–H groups in total. The highest BCUT2D eigenvalue weighted by Gasteiger charge is 2.11. The second-order valence-electron chi connectivity index (χ2n) is 5.71. The van der Waals surface area contributed by atoms with Gasteiger partial charge in [-0.25, -0.2) is 4.79 Å². The Morgan fingerprint density at radius 3 is 2.39 bits per heavy atom. The molecule has 0 aliphatic rings. The number of carbonyl (C=O) groups is 1. The molecule has 0 unspecified atom stereocenters. The van der Waals surface area contributed by atoms with Crippen LogP contribution in [-0.2, 0) is 11.3 Å². The number of aryl methyl sites for hydroxylation is 4. The van der Waals surface area contributed by atoms with E-state index in [-0.39, 0.29) is 0 Å². The van der Waals surface area contributed by atoms with Crippen molar-refractivity contribution in [1.29, 1.82) is 0 Å². The first-order chi connectivity index (χ1) is 10.9. The van der Waals surface area contributed by atoms with Gasteiger partial charge in [-0.2, -0.15) is 0 Å². The lowest BCUT2D eigenvalue weighted by Gasteiger charge is -2.16. The number of ether oxygens (including phenoxy) is 2. The molecule has 2 aromatic rings. The monoisotopic (exact) mass is 313 g/mol. The summed E-state index contributed by atoms with van der Waals surface area (Å²) in [6.45, 7) is 8.57. The molecule has 0 atom stereocenters. The Morgan fingerprint density at radius 2 is 1.70 bits per heavy atom. The molecule has 4 heteroatoms. The van der Waals surface area contributed by atoms with Crippen molar-refractivity contribution in [3.05, 3.63) is 58.1 Å². The van der Waals surface area contributed by atoms with Crippen molar-refractivity contribution in [2.75, 3.05) is 12.4 Å². The van der Waals surface area contributed by atoms with Gasteiger partial charge in [0, 0.05) is 5.56 Å². The summed E-state index contributed by atoms with van der Waals surface area (Å²) in [5.41, 5.74) is 6.25. The predicted molar refractivity (Wildman–Crippen MR) is 92.2 cm³/mol. The van der Waals surface area contributed by atoms with Gasteiger partial charge >= 0.3 is 6.09 Å². The van der Waals surface area contributed by atoms with Crippen LogP contribution in [0, 0.1) is 27.7 Å². The van der Waals surface area contributed by atoms with Gasteiger partial charge in [-0.15, -0.1) is 0 Å². The molecule has 2 aromatic carbocycles. The van der Waals surface area contributed by atoms with Gasteiger partial charge in [0.05, 0.1) is 12.8 Å². The van der Waals surface area contributed by atoms with Crippen LogP contribution in [0.4, 0.5) is 10.5 Å². The van der Waals surface area contributed by atoms with Crippen molar-refractivity contribution in [3.8, 4) is 5.75 Å². The molecule has 0 aliphatic carbocycles. The Kier molecular flexibility index (Phi) is 5.27. The van der Waals surface area contributed by atoms with Crippen LogP contribution >= 0.6 is 0 Å². The normalized spacial score (nSPS) is 10.3. The Balaban J connectivity index is 2.23. The molecule has 0 aliphatic heterocycles. The molecule has 0 bridgehead atoms. The van der Waals surface area contributed by atoms with Crippen LogP contribution in [-0.4, -0.2) is 13.2 Å². The Hall–Kier alpha value is -2.49. The largest absolute Gasteiger partial charge is 0.489 e. The lowest BCUT2D eigenvalue weighted by Crippen LogP contribution is -2.14. The zero-order chi connectivity index (χ0) is 17.0. The molecule has 0 saturated heterocycles. The van der Waals surface area contributed by atoms with Crippen LogP contribution in [0.2, 0.25) is 0 Å². The number of hydrogen-bond donors (Lipinski definition) is 1. The fourth-order valence-electron chi connectivity index (χ4n) is 2.41. The topological polar surface area (TPSA) is 47.6 Å². The summed E-state index contributed by atoms with van der Waals surface area (Å²) in [5, 5.41) is 2.73. The number of amides is 1. The Bertz CT molecular complexity index is 723. The third kappa shape index (κ3) is 4.03. The maximum atomic E-state index is 11.5. The summed E-state index contributed by atoms with van der Waals surface area (Å²) in [6.07, 6.45) is -0.487. The molecular weight excluding hydrogens is 290 g/mol. The van der Waals surface area contributed by atoms with Crippen LogP contribution in [0.25, 0.3) is 0 Å². The highest BCUT2D eigenvalue weighted by molar-refractivity contribution is 5.85. The molecule has 122 valence electrons. The van der Waals surface area contributed by atoms with Crippen molar-refractivity contribution in [3.63, 3.8) is 0 Å². The maximum absolute atomic E-state index is 11.5. The standard InChI is InChI=1S/C19H23NO3/c1-12-7-6-8-17(20-19(21)22-5)16(12)11-23-18-10-14(3)13(2)9-15(18)4/h6-10H,11H2,1-5H3,(H,20,21). The number of methoxy groups -OCH3 is 1. The molecule has 0 fully saturated rings. The van der Waals surface area contributed by atoms with E-state index in [1.165, 1.54) is 18.2 Å². The molecule has 23 heavy (non-hydrogen) atoms. The predicted octanol–water partition coefficient (Wildman–Crippen LogP) is 4.68. The van der Waals surface area contributed by atoms with Gasteiger partial charge in [0.25, 0.3) is 0 Å². The number of nitrogens with one attached hydrogen (secondary N) is 1. The summed E-state index contributed by atoms with van der Waals surface area (Å²) in [7, 11) is 1.35. The average molecular weight is 313 g/mol. The van der Waals surface area contributed by atoms with Gasteiger partial charge in [0.2, 0.25) is 0 Å². The number of benzene rings is 2. The van der Waals surface area contributed by atoms with Gasteiger partial charge < -0.3 is 9.47 Å². The van der Waals surface area contributed by atoms with Crippen LogP contribution < -0.4 is 10.1 Å². The van der Waals surface area contributed by atoms with E-state index in [1.807, 2.05) is 32.0 Å². The second-order valence-corrected chi connectivity index (χ2v) is 5.71. The van der Waals surface area contributed by atoms with Gasteiger partial charge in [-0.3, -0.25) is 5.32 Å². The van der Waals surface area contributed by atoms with E-state index >= 15 is 0 Å². The minimum absolute atomic E-state index is 0.384. The molecule has 0 radical (unpaired) electrons. The minimum Gasteiger partial charge on any atom is -0.489 e. The maximum Gasteiger partial charge on any atom is 0.411 e. The number of rotatable bonds is 4. The van der Waals surface area contributed by atoms with Crippen molar-refractivity contribution in [1.82, 2.24) is 0 Å². The van der Waals surface area contributed by atoms with E-state index in [9.17, 15) is 4.79 Å². The average Bonchev–Trinajstić information content (AvgIpc) is 2.51. The SMILES string of the molecule is COC(=O)Nc1cccc(C)c1COc1cc(C)c(C)cc1C. The smallest absolute Gasteiger partial charge is 0.411 e. The Labute approximate surface area is 137 Å². The molecule has 1 amide bonds. The van der Waals surface area contributed by atoms with Crippen LogP contribution in [0.3, 0.4) is 0 Å². The van der Waals surface area contributed by atoms with Gasteiger partial charge in [0.15, 0.2) is 0 Å². The third-order valence-electron chi connectivity index (χ3n) is 4.00. The summed E-state index contributed by atoms with van der Waals surface area (Å²) in [5.74, 6) is 0.861. The van der Waals surface area contributed by atoms with Gasteiger partial charge in [0.1, 0.15) is 12.4 Å². The molecule has 0 heterocycles. The number of hydrogen-bond acceptors (Lipinski definition) is 3. The highest BCUT2D eigenvalue weighted by atomic mass is 16.5. The molecular formula is C19H23NO3. The van der Waals surface area contributed by atoms with Crippen molar-refractivity contribution in [2.45, 2.75) is 34.3 Å². The number of anilines is 1. The third-order valence-corrected chi connectivity index (χ3v) is 4.00. The Morgan fingerprint density at radius 1 is 1.00 bits per heavy atom. The first-order valence-corrected chi connectivity index (χ1v) is 7.56. The van der Waals surface area contributed by atoms with E-state index in [1.54, 1.807) is 0 Å². The summed E-state index contributed by atoms with van der Waals surface area (Å²) >= 11 is 0. The van der Waals surface area contributed by atoms with E-state index < -0.39 is 6.09 Å². The van der Waals surface area contributed by atoms with E-state index in [4.69, 9.17) is 4.74 Å². The molecule has 4 nitrogen and oxygen atoms in total. The first kappa shape index (κ1) is 16.9. The van der Waals surface area contributed by atoms with Crippen molar-refractivity contribution in [2.24, 2.45) is 0 Å². The van der Waals surface area contributed by atoms with E-state index in [0.29, 0.717) is 12.3 Å². The quantitative estimate of drug-likeness (QED) is 0.891. The zero-order valence-electron chi connectivity index (χ0n) is 14.3. The first-order valence-electron chi connectivity index (χ1n) is 7.56. The van der Waals surface area contributed by atoms with Crippen LogP contribution in [0.1, 0.15) is 27.8 Å². The minimum atomic E-state index is -0.487. The van der Waals surface area contributed by atoms with E-state index in [0.717, 1.165) is 22.4 Å². The number of carbonyl (C=O) groups excluding carboxylic acids is 1. The van der Waals surface area contributed by atoms with Crippen LogP contribution in [0.5, 0.6) is 5.75 Å². The van der Waals surface area contributed by atoms with Crippen molar-refractivity contribution < 1.29 is 14.3 Å². The summed E-state index contributed by atoms with van der Waals surface area (Å²) in [6, 6.07) is 9.90. The van der Waals surface area contributed by atoms with Gasteiger partial charge in [-0.1, -0.05) is 18.2 Å². The zero-order valence-corrected chi connectivity index (χ0v) is 14.3. The molecule has 0 spiro atoms. The lowest BCUT2D eigenvalue weighted by atomic mass is 10.1. The molecule has 0 aromatic heterocycles. The van der Waals surface area contributed by atoms with Crippen LogP contribution in [0.15, 0.2) is 30.3 Å². The summed E-state index contributed by atoms with van der Waals surface area (Å²) < 4.78 is 10.7.